The van der Waals surface area contributed by atoms with E-state index in [4.69, 9.17) is 0 Å². The molecule has 1 amide bonds. The summed E-state index contributed by atoms with van der Waals surface area (Å²) in [7, 11) is -3.59. The summed E-state index contributed by atoms with van der Waals surface area (Å²) >= 11 is 3.12. The molecule has 3 N–H and O–H groups in total. The number of sulfonamides is 1. The van der Waals surface area contributed by atoms with Crippen molar-refractivity contribution in [2.75, 3.05) is 11.9 Å². The molecule has 1 aliphatic rings. The van der Waals surface area contributed by atoms with Gasteiger partial charge in [0, 0.05) is 12.0 Å². The minimum absolute atomic E-state index is 0.00288. The molecule has 0 spiro atoms. The molecule has 8 nitrogen and oxygen atoms in total. The SMILES string of the molecule is O=C(CCN=C1NS(=O)(=O)c2ccccc21)Nc1ccc(Br)[nH]c1=O. The zero-order chi connectivity index (χ0) is 18.0. The molecular weight excluding hydrogens is 412 g/mol. The van der Waals surface area contributed by atoms with Crippen molar-refractivity contribution in [1.29, 1.82) is 0 Å². The Morgan fingerprint density at radius 1 is 1.20 bits per heavy atom. The Morgan fingerprint density at radius 3 is 2.72 bits per heavy atom. The molecule has 130 valence electrons. The van der Waals surface area contributed by atoms with Crippen LogP contribution < -0.4 is 15.6 Å². The average Bonchev–Trinajstić information content (AvgIpc) is 2.82. The van der Waals surface area contributed by atoms with Crippen molar-refractivity contribution < 1.29 is 13.2 Å². The van der Waals surface area contributed by atoms with Crippen LogP contribution >= 0.6 is 15.9 Å². The number of aromatic amines is 1. The summed E-state index contributed by atoms with van der Waals surface area (Å²) < 4.78 is 26.8. The number of halogens is 1. The molecule has 0 fully saturated rings. The summed E-state index contributed by atoms with van der Waals surface area (Å²) in [6.45, 7) is 0.0758. The first-order chi connectivity index (χ1) is 11.9. The van der Waals surface area contributed by atoms with Crippen molar-refractivity contribution in [2.45, 2.75) is 11.3 Å². The van der Waals surface area contributed by atoms with Gasteiger partial charge < -0.3 is 10.3 Å². The van der Waals surface area contributed by atoms with Crippen molar-refractivity contribution in [3.63, 3.8) is 0 Å². The first-order valence-electron chi connectivity index (χ1n) is 7.22. The fraction of sp³-hybridized carbons (Fsp3) is 0.133. The van der Waals surface area contributed by atoms with Gasteiger partial charge in [0.15, 0.2) is 0 Å². The predicted molar refractivity (Wildman–Crippen MR) is 96.2 cm³/mol. The molecule has 1 aromatic heterocycles. The number of anilines is 1. The Kier molecular flexibility index (Phi) is 4.73. The molecule has 10 heteroatoms. The van der Waals surface area contributed by atoms with E-state index in [0.29, 0.717) is 10.2 Å². The van der Waals surface area contributed by atoms with Gasteiger partial charge in [-0.1, -0.05) is 12.1 Å². The van der Waals surface area contributed by atoms with Crippen LogP contribution in [-0.4, -0.2) is 31.7 Å². The first-order valence-corrected chi connectivity index (χ1v) is 9.50. The number of amides is 1. The molecule has 0 radical (unpaired) electrons. The van der Waals surface area contributed by atoms with Crippen molar-refractivity contribution in [3.8, 4) is 0 Å². The average molecular weight is 425 g/mol. The summed E-state index contributed by atoms with van der Waals surface area (Å²) in [6, 6.07) is 9.56. The van der Waals surface area contributed by atoms with E-state index in [1.54, 1.807) is 24.3 Å². The van der Waals surface area contributed by atoms with Gasteiger partial charge in [0.25, 0.3) is 15.6 Å². The van der Waals surface area contributed by atoms with Crippen molar-refractivity contribution in [2.24, 2.45) is 4.99 Å². The summed E-state index contributed by atoms with van der Waals surface area (Å²) in [5, 5.41) is 2.49. The zero-order valence-corrected chi connectivity index (χ0v) is 15.1. The van der Waals surface area contributed by atoms with Crippen LogP contribution in [0, 0.1) is 0 Å². The molecule has 0 unspecified atom stereocenters. The molecule has 1 aromatic carbocycles. The number of benzene rings is 1. The van der Waals surface area contributed by atoms with E-state index in [0.717, 1.165) is 0 Å². The number of carbonyl (C=O) groups is 1. The highest BCUT2D eigenvalue weighted by Crippen LogP contribution is 2.22. The molecule has 0 atom stereocenters. The van der Waals surface area contributed by atoms with Crippen LogP contribution in [0.4, 0.5) is 5.69 Å². The summed E-state index contributed by atoms with van der Waals surface area (Å²) in [5.74, 6) is -0.184. The van der Waals surface area contributed by atoms with Crippen LogP contribution in [-0.2, 0) is 14.8 Å². The fourth-order valence-electron chi connectivity index (χ4n) is 2.28. The smallest absolute Gasteiger partial charge is 0.272 e. The molecular formula is C15H13BrN4O4S. The number of carbonyl (C=O) groups excluding carboxylic acids is 1. The molecule has 0 aliphatic carbocycles. The van der Waals surface area contributed by atoms with Crippen molar-refractivity contribution in [1.82, 2.24) is 9.71 Å². The van der Waals surface area contributed by atoms with E-state index in [-0.39, 0.29) is 29.4 Å². The highest BCUT2D eigenvalue weighted by Gasteiger charge is 2.29. The summed E-state index contributed by atoms with van der Waals surface area (Å²) in [5.41, 5.74) is 0.187. The van der Waals surface area contributed by atoms with E-state index in [9.17, 15) is 18.0 Å². The van der Waals surface area contributed by atoms with Gasteiger partial charge >= 0.3 is 0 Å². The van der Waals surface area contributed by atoms with Crippen molar-refractivity contribution in [3.05, 3.63) is 56.9 Å². The van der Waals surface area contributed by atoms with Crippen LogP contribution in [0.25, 0.3) is 0 Å². The maximum Gasteiger partial charge on any atom is 0.272 e. The van der Waals surface area contributed by atoms with Gasteiger partial charge in [0.2, 0.25) is 5.91 Å². The largest absolute Gasteiger partial charge is 0.321 e. The number of fused-ring (bicyclic) bond motifs is 1. The number of hydrogen-bond acceptors (Lipinski definition) is 5. The van der Waals surface area contributed by atoms with Gasteiger partial charge in [-0.05, 0) is 40.2 Å². The Bertz CT molecular complexity index is 1030. The molecule has 0 bridgehead atoms. The number of amidine groups is 1. The standard InChI is InChI=1S/C15H13BrN4O4S/c16-12-6-5-10(15(22)19-12)18-13(21)7-8-17-14-9-3-1-2-4-11(9)25(23,24)20-14/h1-6H,7-8H2,(H,17,20)(H,18,21)(H,19,22). The molecule has 2 heterocycles. The topological polar surface area (TPSA) is 120 Å². The van der Waals surface area contributed by atoms with Crippen LogP contribution in [0.1, 0.15) is 12.0 Å². The maximum atomic E-state index is 12.0. The number of nitrogens with one attached hydrogen (secondary N) is 3. The zero-order valence-electron chi connectivity index (χ0n) is 12.7. The van der Waals surface area contributed by atoms with Crippen molar-refractivity contribution >= 4 is 43.4 Å². The second-order valence-electron chi connectivity index (χ2n) is 5.18. The summed E-state index contributed by atoms with van der Waals surface area (Å²) in [4.78, 5) is 30.4. The van der Waals surface area contributed by atoms with Crippen LogP contribution in [0.15, 0.2) is 55.7 Å². The highest BCUT2D eigenvalue weighted by molar-refractivity contribution is 9.10. The maximum absolute atomic E-state index is 12.0. The van der Waals surface area contributed by atoms with Gasteiger partial charge in [-0.25, -0.2) is 8.42 Å². The fourth-order valence-corrected chi connectivity index (χ4v) is 3.84. The molecule has 3 rings (SSSR count). The quantitative estimate of drug-likeness (QED) is 0.638. The number of hydrogen-bond donors (Lipinski definition) is 3. The number of aromatic nitrogens is 1. The minimum atomic E-state index is -3.59. The second-order valence-corrected chi connectivity index (χ2v) is 7.68. The number of H-pyrrole nitrogens is 1. The third-order valence-corrected chi connectivity index (χ3v) is 5.28. The molecule has 2 aromatic rings. The van der Waals surface area contributed by atoms with Crippen LogP contribution in [0.2, 0.25) is 0 Å². The minimum Gasteiger partial charge on any atom is -0.321 e. The molecule has 25 heavy (non-hydrogen) atoms. The van der Waals surface area contributed by atoms with E-state index >= 15 is 0 Å². The monoisotopic (exact) mass is 424 g/mol. The number of rotatable bonds is 4. The van der Waals surface area contributed by atoms with E-state index < -0.39 is 21.5 Å². The Morgan fingerprint density at radius 2 is 1.96 bits per heavy atom. The highest BCUT2D eigenvalue weighted by atomic mass is 79.9. The van der Waals surface area contributed by atoms with E-state index in [1.165, 1.54) is 12.1 Å². The molecule has 1 aliphatic heterocycles. The third-order valence-electron chi connectivity index (χ3n) is 3.42. The van der Waals surface area contributed by atoms with Crippen LogP contribution in [0.3, 0.4) is 0 Å². The predicted octanol–water partition coefficient (Wildman–Crippen LogP) is 1.20. The lowest BCUT2D eigenvalue weighted by Crippen LogP contribution is -2.23. The van der Waals surface area contributed by atoms with Gasteiger partial charge in [0.1, 0.15) is 11.5 Å². The lowest BCUT2D eigenvalue weighted by Gasteiger charge is -2.04. The van der Waals surface area contributed by atoms with E-state index in [2.05, 4.69) is 35.9 Å². The van der Waals surface area contributed by atoms with Gasteiger partial charge in [-0.15, -0.1) is 0 Å². The van der Waals surface area contributed by atoms with Gasteiger partial charge in [-0.3, -0.25) is 19.3 Å². The van der Waals surface area contributed by atoms with Gasteiger partial charge in [0.05, 0.1) is 16.0 Å². The number of nitrogens with zero attached hydrogens (tertiary/aromatic N) is 1. The third kappa shape index (κ3) is 3.80. The normalized spacial score (nSPS) is 16.3. The second kappa shape index (κ2) is 6.81. The lowest BCUT2D eigenvalue weighted by molar-refractivity contribution is -0.116. The van der Waals surface area contributed by atoms with E-state index in [1.807, 2.05) is 0 Å². The molecule has 0 saturated heterocycles. The first kappa shape index (κ1) is 17.4. The number of aliphatic imine (C=N–C) groups is 1. The van der Waals surface area contributed by atoms with Gasteiger partial charge in [-0.2, -0.15) is 0 Å². The Hall–Kier alpha value is -2.46. The Balaban J connectivity index is 1.66. The molecule has 0 saturated carbocycles. The van der Waals surface area contributed by atoms with Crippen LogP contribution in [0.5, 0.6) is 0 Å². The Labute approximate surface area is 151 Å². The number of pyridine rings is 1. The lowest BCUT2D eigenvalue weighted by atomic mass is 10.2. The summed E-state index contributed by atoms with van der Waals surface area (Å²) in [6.07, 6.45) is 0.00288.